The molecule has 1 heterocycles. The van der Waals surface area contributed by atoms with Gasteiger partial charge in [0.15, 0.2) is 0 Å². The van der Waals surface area contributed by atoms with Crippen molar-refractivity contribution in [3.8, 4) is 0 Å². The largest absolute Gasteiger partial charge is 0.287 e. The topological polar surface area (TPSA) is 22.0 Å². The number of para-hydroxylation sites is 1. The summed E-state index contributed by atoms with van der Waals surface area (Å²) >= 11 is 0. The average molecular weight is 158 g/mol. The van der Waals surface area contributed by atoms with Gasteiger partial charge < -0.3 is 0 Å². The molecule has 0 N–H and O–H groups in total. The number of rotatable bonds is 0. The number of nitrogens with zero attached hydrogens (tertiary/aromatic N) is 1. The van der Waals surface area contributed by atoms with Gasteiger partial charge in [-0.2, -0.15) is 0 Å². The molecule has 0 spiro atoms. The monoisotopic (exact) mass is 158 g/mol. The molecular weight excluding hydrogens is 150 g/mol. The Morgan fingerprint density at radius 3 is 2.92 bits per heavy atom. The molecule has 0 fully saturated rings. The second kappa shape index (κ2) is 2.48. The van der Waals surface area contributed by atoms with Gasteiger partial charge in [0, 0.05) is 24.6 Å². The zero-order valence-corrected chi connectivity index (χ0v) is 6.74. The van der Waals surface area contributed by atoms with E-state index in [2.05, 4.69) is 6.07 Å². The first-order chi connectivity index (χ1) is 5.79. The van der Waals surface area contributed by atoms with E-state index in [0.29, 0.717) is 0 Å². The molecule has 59 valence electrons. The molecule has 0 aliphatic rings. The molecule has 0 saturated carbocycles. The molecule has 1 aromatic heterocycles. The molecular formula is C10H8NO. The summed E-state index contributed by atoms with van der Waals surface area (Å²) in [5.41, 5.74) is 0.921. The van der Waals surface area contributed by atoms with E-state index in [1.54, 1.807) is 17.7 Å². The van der Waals surface area contributed by atoms with E-state index in [0.717, 1.165) is 10.9 Å². The smallest absolute Gasteiger partial charge is 0.227 e. The zero-order chi connectivity index (χ0) is 8.55. The van der Waals surface area contributed by atoms with Gasteiger partial charge in [0.2, 0.25) is 5.91 Å². The van der Waals surface area contributed by atoms with Crippen LogP contribution in [0.5, 0.6) is 0 Å². The molecule has 0 unspecified atom stereocenters. The molecule has 1 aromatic carbocycles. The first-order valence-corrected chi connectivity index (χ1v) is 3.78. The van der Waals surface area contributed by atoms with Gasteiger partial charge in [-0.25, -0.2) is 0 Å². The van der Waals surface area contributed by atoms with E-state index in [4.69, 9.17) is 0 Å². The lowest BCUT2D eigenvalue weighted by Crippen LogP contribution is -2.02. The van der Waals surface area contributed by atoms with Crippen molar-refractivity contribution in [3.05, 3.63) is 36.5 Å². The van der Waals surface area contributed by atoms with Crippen LogP contribution in [-0.4, -0.2) is 10.5 Å². The van der Waals surface area contributed by atoms with Crippen molar-refractivity contribution in [2.24, 2.45) is 0 Å². The molecule has 0 aliphatic carbocycles. The van der Waals surface area contributed by atoms with Crippen LogP contribution in [0.3, 0.4) is 0 Å². The molecule has 2 aromatic rings. The number of hydrogen-bond acceptors (Lipinski definition) is 1. The molecule has 0 saturated heterocycles. The minimum atomic E-state index is 0.0208. The molecule has 12 heavy (non-hydrogen) atoms. The summed E-state index contributed by atoms with van der Waals surface area (Å²) in [4.78, 5) is 11.1. The van der Waals surface area contributed by atoms with Gasteiger partial charge in [-0.3, -0.25) is 9.36 Å². The molecule has 0 aliphatic heterocycles. The highest BCUT2D eigenvalue weighted by Crippen LogP contribution is 2.13. The van der Waals surface area contributed by atoms with E-state index in [9.17, 15) is 4.79 Å². The fraction of sp³-hybridized carbons (Fsp3) is 0.100. The van der Waals surface area contributed by atoms with Crippen molar-refractivity contribution < 1.29 is 4.79 Å². The average Bonchev–Trinajstić information content (AvgIpc) is 2.47. The Bertz CT molecular complexity index is 428. The van der Waals surface area contributed by atoms with Gasteiger partial charge in [0.1, 0.15) is 0 Å². The summed E-state index contributed by atoms with van der Waals surface area (Å²) in [5, 5.41) is 0.979. The van der Waals surface area contributed by atoms with Gasteiger partial charge >= 0.3 is 0 Å². The van der Waals surface area contributed by atoms with Gasteiger partial charge in [-0.05, 0) is 6.07 Å². The quantitative estimate of drug-likeness (QED) is 0.575. The van der Waals surface area contributed by atoms with Crippen LogP contribution in [0.4, 0.5) is 0 Å². The fourth-order valence-corrected chi connectivity index (χ4v) is 1.27. The van der Waals surface area contributed by atoms with Gasteiger partial charge in [-0.1, -0.05) is 18.2 Å². The lowest BCUT2D eigenvalue weighted by molar-refractivity contribution is 0.0941. The van der Waals surface area contributed by atoms with Crippen LogP contribution >= 0.6 is 0 Å². The number of aromatic nitrogens is 1. The number of carbonyl (C=O) groups is 1. The minimum Gasteiger partial charge on any atom is -0.287 e. The van der Waals surface area contributed by atoms with Crippen LogP contribution in [0.1, 0.15) is 11.7 Å². The third-order valence-corrected chi connectivity index (χ3v) is 1.85. The molecule has 1 radical (unpaired) electrons. The van der Waals surface area contributed by atoms with Crippen molar-refractivity contribution in [3.63, 3.8) is 0 Å². The second-order valence-corrected chi connectivity index (χ2v) is 2.68. The Morgan fingerprint density at radius 2 is 2.17 bits per heavy atom. The van der Waals surface area contributed by atoms with Crippen molar-refractivity contribution in [2.45, 2.75) is 6.92 Å². The van der Waals surface area contributed by atoms with E-state index in [1.807, 2.05) is 24.3 Å². The Morgan fingerprint density at radius 1 is 1.42 bits per heavy atom. The highest BCUT2D eigenvalue weighted by molar-refractivity contribution is 5.90. The summed E-state index contributed by atoms with van der Waals surface area (Å²) in [6.07, 6.45) is 1.67. The Labute approximate surface area is 70.4 Å². The SMILES string of the molecule is CC(=O)n1c[c]c2ccccc21. The van der Waals surface area contributed by atoms with E-state index < -0.39 is 0 Å². The summed E-state index contributed by atoms with van der Waals surface area (Å²) in [6, 6.07) is 10.7. The van der Waals surface area contributed by atoms with Crippen LogP contribution < -0.4 is 0 Å². The first-order valence-electron chi connectivity index (χ1n) is 3.78. The predicted octanol–water partition coefficient (Wildman–Crippen LogP) is 2.10. The molecule has 2 rings (SSSR count). The Balaban J connectivity index is 2.79. The van der Waals surface area contributed by atoms with Crippen molar-refractivity contribution in [1.82, 2.24) is 4.57 Å². The normalized spacial score (nSPS) is 10.4. The molecule has 0 amide bonds. The lowest BCUT2D eigenvalue weighted by atomic mass is 10.2. The Hall–Kier alpha value is -1.57. The van der Waals surface area contributed by atoms with E-state index in [1.165, 1.54) is 0 Å². The third-order valence-electron chi connectivity index (χ3n) is 1.85. The zero-order valence-electron chi connectivity index (χ0n) is 6.74. The molecule has 0 atom stereocenters. The van der Waals surface area contributed by atoms with Crippen LogP contribution in [0, 0.1) is 6.07 Å². The fourth-order valence-electron chi connectivity index (χ4n) is 1.27. The lowest BCUT2D eigenvalue weighted by Gasteiger charge is -1.96. The number of carbonyl (C=O) groups excluding carboxylic acids is 1. The summed E-state index contributed by atoms with van der Waals surface area (Å²) in [7, 11) is 0. The van der Waals surface area contributed by atoms with Crippen LogP contribution in [0.25, 0.3) is 10.9 Å². The first kappa shape index (κ1) is 7.10. The van der Waals surface area contributed by atoms with E-state index in [-0.39, 0.29) is 5.91 Å². The molecule has 0 bridgehead atoms. The van der Waals surface area contributed by atoms with Gasteiger partial charge in [0.05, 0.1) is 5.52 Å². The van der Waals surface area contributed by atoms with Crippen LogP contribution in [0.2, 0.25) is 0 Å². The minimum absolute atomic E-state index is 0.0208. The Kier molecular flexibility index (Phi) is 1.47. The number of fused-ring (bicyclic) bond motifs is 1. The van der Waals surface area contributed by atoms with Crippen molar-refractivity contribution in [2.75, 3.05) is 0 Å². The summed E-state index contributed by atoms with van der Waals surface area (Å²) in [6.45, 7) is 1.54. The highest BCUT2D eigenvalue weighted by atomic mass is 16.1. The second-order valence-electron chi connectivity index (χ2n) is 2.68. The van der Waals surface area contributed by atoms with Gasteiger partial charge in [0.25, 0.3) is 0 Å². The third kappa shape index (κ3) is 0.925. The summed E-state index contributed by atoms with van der Waals surface area (Å²) in [5.74, 6) is 0.0208. The van der Waals surface area contributed by atoms with Crippen LogP contribution in [0.15, 0.2) is 30.5 Å². The number of hydrogen-bond donors (Lipinski definition) is 0. The van der Waals surface area contributed by atoms with Gasteiger partial charge in [-0.15, -0.1) is 0 Å². The maximum absolute atomic E-state index is 11.1. The van der Waals surface area contributed by atoms with E-state index >= 15 is 0 Å². The van der Waals surface area contributed by atoms with Crippen molar-refractivity contribution >= 4 is 16.8 Å². The van der Waals surface area contributed by atoms with Crippen LogP contribution in [-0.2, 0) is 0 Å². The van der Waals surface area contributed by atoms with Crippen molar-refractivity contribution in [1.29, 1.82) is 0 Å². The maximum Gasteiger partial charge on any atom is 0.227 e. The number of benzene rings is 1. The standard InChI is InChI=1S/C10H8NO/c1-8(12)11-7-6-9-4-2-3-5-10(9)11/h2-5,7H,1H3. The molecule has 2 heteroatoms. The predicted molar refractivity (Wildman–Crippen MR) is 47.1 cm³/mol. The molecule has 2 nitrogen and oxygen atoms in total. The highest BCUT2D eigenvalue weighted by Gasteiger charge is 2.02. The summed E-state index contributed by atoms with van der Waals surface area (Å²) < 4.78 is 1.59. The maximum atomic E-state index is 11.1.